The third-order valence-corrected chi connectivity index (χ3v) is 5.18. The molecule has 1 saturated heterocycles. The lowest BCUT2D eigenvalue weighted by Gasteiger charge is -2.12. The molecule has 1 N–H and O–H groups in total. The van der Waals surface area contributed by atoms with E-state index in [0.29, 0.717) is 12.4 Å². The average molecular weight is 494 g/mol. The van der Waals surface area contributed by atoms with Gasteiger partial charge in [-0.05, 0) is 75.0 Å². The van der Waals surface area contributed by atoms with E-state index in [4.69, 9.17) is 4.74 Å². The van der Waals surface area contributed by atoms with Crippen molar-refractivity contribution in [3.05, 3.63) is 67.7 Å². The van der Waals surface area contributed by atoms with Gasteiger partial charge in [-0.2, -0.15) is 0 Å². The molecule has 0 atom stereocenters. The van der Waals surface area contributed by atoms with Crippen LogP contribution in [0.1, 0.15) is 23.6 Å². The lowest BCUT2D eigenvalue weighted by molar-refractivity contribution is -0.123. The van der Waals surface area contributed by atoms with Crippen molar-refractivity contribution in [1.82, 2.24) is 10.2 Å². The van der Waals surface area contributed by atoms with E-state index >= 15 is 0 Å². The summed E-state index contributed by atoms with van der Waals surface area (Å²) in [6, 6.07) is 11.0. The molecule has 0 bridgehead atoms. The molecule has 1 fully saturated rings. The Balaban J connectivity index is 1.84. The molecule has 0 spiro atoms. The van der Waals surface area contributed by atoms with Crippen LogP contribution in [0.25, 0.3) is 6.08 Å². The molecule has 2 aromatic rings. The van der Waals surface area contributed by atoms with Gasteiger partial charge in [0.25, 0.3) is 5.91 Å². The van der Waals surface area contributed by atoms with E-state index < -0.39 is 6.03 Å². The van der Waals surface area contributed by atoms with Gasteiger partial charge in [-0.15, -0.1) is 0 Å². The van der Waals surface area contributed by atoms with Gasteiger partial charge >= 0.3 is 6.03 Å². The predicted molar refractivity (Wildman–Crippen MR) is 111 cm³/mol. The number of carbonyl (C=O) groups excluding carboxylic acids is 2. The van der Waals surface area contributed by atoms with Crippen LogP contribution in [0, 0.1) is 6.92 Å². The first-order valence-corrected chi connectivity index (χ1v) is 9.99. The van der Waals surface area contributed by atoms with Gasteiger partial charge in [0.1, 0.15) is 11.4 Å². The fraction of sp³-hybridized carbons (Fsp3) is 0.200. The average Bonchev–Trinajstić information content (AvgIpc) is 2.86. The first-order chi connectivity index (χ1) is 12.9. The molecule has 0 saturated carbocycles. The zero-order chi connectivity index (χ0) is 19.6. The van der Waals surface area contributed by atoms with Crippen molar-refractivity contribution in [1.29, 1.82) is 0 Å². The van der Waals surface area contributed by atoms with Crippen molar-refractivity contribution in [2.45, 2.75) is 20.4 Å². The summed E-state index contributed by atoms with van der Waals surface area (Å²) in [4.78, 5) is 26.1. The molecule has 1 aliphatic rings. The maximum Gasteiger partial charge on any atom is 0.329 e. The van der Waals surface area contributed by atoms with Crippen molar-refractivity contribution in [2.24, 2.45) is 0 Å². The normalized spacial score (nSPS) is 15.4. The molecule has 2 aromatic carbocycles. The molecule has 27 heavy (non-hydrogen) atoms. The van der Waals surface area contributed by atoms with Crippen LogP contribution in [0.5, 0.6) is 5.75 Å². The quantitative estimate of drug-likeness (QED) is 0.470. The van der Waals surface area contributed by atoms with E-state index in [2.05, 4.69) is 37.2 Å². The topological polar surface area (TPSA) is 58.6 Å². The van der Waals surface area contributed by atoms with Crippen LogP contribution in [0.2, 0.25) is 0 Å². The molecule has 0 radical (unpaired) electrons. The Labute approximate surface area is 174 Å². The smallest absolute Gasteiger partial charge is 0.329 e. The third kappa shape index (κ3) is 4.42. The van der Waals surface area contributed by atoms with Crippen molar-refractivity contribution >= 4 is 49.9 Å². The largest absolute Gasteiger partial charge is 0.492 e. The minimum Gasteiger partial charge on any atom is -0.492 e. The van der Waals surface area contributed by atoms with E-state index in [-0.39, 0.29) is 18.1 Å². The Morgan fingerprint density at radius 3 is 2.48 bits per heavy atom. The Kier molecular flexibility index (Phi) is 6.01. The number of halogens is 2. The summed E-state index contributed by atoms with van der Waals surface area (Å²) in [6.07, 6.45) is 1.65. The number of amides is 3. The minimum absolute atomic E-state index is 0.236. The number of hydrogen-bond donors (Lipinski definition) is 1. The van der Waals surface area contributed by atoms with Crippen molar-refractivity contribution < 1.29 is 14.3 Å². The van der Waals surface area contributed by atoms with Crippen LogP contribution in [0.3, 0.4) is 0 Å². The second kappa shape index (κ2) is 8.27. The number of rotatable bonds is 5. The van der Waals surface area contributed by atoms with Crippen LogP contribution in [0.15, 0.2) is 51.0 Å². The summed E-state index contributed by atoms with van der Waals surface area (Å²) in [5.41, 5.74) is 3.00. The number of hydrogen-bond acceptors (Lipinski definition) is 3. The highest BCUT2D eigenvalue weighted by atomic mass is 79.9. The van der Waals surface area contributed by atoms with Crippen LogP contribution in [-0.2, 0) is 11.3 Å². The fourth-order valence-corrected chi connectivity index (χ4v) is 4.27. The first kappa shape index (κ1) is 19.6. The fourth-order valence-electron chi connectivity index (χ4n) is 2.82. The van der Waals surface area contributed by atoms with Gasteiger partial charge in [-0.25, -0.2) is 4.79 Å². The standard InChI is InChI=1S/C20H18Br2N2O3/c1-3-27-18-15(21)8-14(9-16(18)22)10-17-19(25)24(20(26)23-17)11-13-6-4-5-12(2)7-13/h4-10H,3,11H2,1-2H3,(H,23,26)/b17-10+. The summed E-state index contributed by atoms with van der Waals surface area (Å²) in [7, 11) is 0. The Morgan fingerprint density at radius 2 is 1.85 bits per heavy atom. The molecule has 3 rings (SSSR count). The number of ether oxygens (including phenoxy) is 1. The Bertz CT molecular complexity index is 918. The highest BCUT2D eigenvalue weighted by Gasteiger charge is 2.33. The van der Waals surface area contributed by atoms with Crippen molar-refractivity contribution in [3.63, 3.8) is 0 Å². The van der Waals surface area contributed by atoms with Gasteiger partial charge in [-0.1, -0.05) is 29.8 Å². The third-order valence-electron chi connectivity index (χ3n) is 4.01. The number of benzene rings is 2. The molecule has 140 valence electrons. The molecule has 1 heterocycles. The molecule has 0 aromatic heterocycles. The molecule has 0 unspecified atom stereocenters. The number of nitrogens with one attached hydrogen (secondary N) is 1. The van der Waals surface area contributed by atoms with Crippen LogP contribution in [0.4, 0.5) is 4.79 Å². The molecule has 7 heteroatoms. The molecule has 5 nitrogen and oxygen atoms in total. The predicted octanol–water partition coefficient (Wildman–Crippen LogP) is 5.01. The molecule has 3 amide bonds. The van der Waals surface area contributed by atoms with Crippen molar-refractivity contribution in [3.8, 4) is 5.75 Å². The number of nitrogens with zero attached hydrogens (tertiary/aromatic N) is 1. The van der Waals surface area contributed by atoms with Gasteiger partial charge in [0.2, 0.25) is 0 Å². The Morgan fingerprint density at radius 1 is 1.15 bits per heavy atom. The summed E-state index contributed by atoms with van der Waals surface area (Å²) in [5.74, 6) is 0.352. The summed E-state index contributed by atoms with van der Waals surface area (Å²) >= 11 is 6.94. The van der Waals surface area contributed by atoms with Gasteiger partial charge in [0, 0.05) is 0 Å². The van der Waals surface area contributed by atoms with E-state index in [0.717, 1.165) is 25.6 Å². The number of aryl methyl sites for hydroxylation is 1. The second-order valence-corrected chi connectivity index (χ2v) is 7.82. The number of carbonyl (C=O) groups is 2. The number of urea groups is 1. The lowest BCUT2D eigenvalue weighted by atomic mass is 10.1. The lowest BCUT2D eigenvalue weighted by Crippen LogP contribution is -2.30. The van der Waals surface area contributed by atoms with E-state index in [1.807, 2.05) is 50.2 Å². The van der Waals surface area contributed by atoms with Gasteiger partial charge in [0.05, 0.1) is 22.1 Å². The van der Waals surface area contributed by atoms with Gasteiger partial charge in [-0.3, -0.25) is 9.69 Å². The van der Waals surface area contributed by atoms with E-state index in [9.17, 15) is 9.59 Å². The monoisotopic (exact) mass is 492 g/mol. The maximum atomic E-state index is 12.7. The van der Waals surface area contributed by atoms with Crippen molar-refractivity contribution in [2.75, 3.05) is 6.61 Å². The second-order valence-electron chi connectivity index (χ2n) is 6.12. The van der Waals surface area contributed by atoms with E-state index in [1.54, 1.807) is 6.08 Å². The van der Waals surface area contributed by atoms with Crippen LogP contribution < -0.4 is 10.1 Å². The summed E-state index contributed by atoms with van der Waals surface area (Å²) in [6.45, 7) is 4.66. The Hall–Kier alpha value is -2.12. The number of imide groups is 1. The molecular formula is C20H18Br2N2O3. The zero-order valence-corrected chi connectivity index (χ0v) is 18.1. The summed E-state index contributed by atoms with van der Waals surface area (Å²) < 4.78 is 7.09. The van der Waals surface area contributed by atoms with Gasteiger partial charge in [0.15, 0.2) is 0 Å². The highest BCUT2D eigenvalue weighted by molar-refractivity contribution is 9.11. The minimum atomic E-state index is -0.420. The van der Waals surface area contributed by atoms with Gasteiger partial charge < -0.3 is 10.1 Å². The molecule has 0 aliphatic carbocycles. The van der Waals surface area contributed by atoms with Crippen LogP contribution in [-0.4, -0.2) is 23.4 Å². The summed E-state index contributed by atoms with van der Waals surface area (Å²) in [5, 5.41) is 2.65. The SMILES string of the molecule is CCOc1c(Br)cc(/C=C2/NC(=O)N(Cc3cccc(C)c3)C2=O)cc1Br. The first-order valence-electron chi connectivity index (χ1n) is 8.41. The van der Waals surface area contributed by atoms with Crippen LogP contribution >= 0.6 is 31.9 Å². The maximum absolute atomic E-state index is 12.7. The molecule has 1 aliphatic heterocycles. The highest BCUT2D eigenvalue weighted by Crippen LogP contribution is 2.35. The zero-order valence-electron chi connectivity index (χ0n) is 14.9. The van der Waals surface area contributed by atoms with E-state index in [1.165, 1.54) is 4.90 Å². The molecular weight excluding hydrogens is 476 g/mol.